The Kier molecular flexibility index (Phi) is 4.65. The molecule has 1 spiro atoms. The molecule has 2 saturated heterocycles. The van der Waals surface area contributed by atoms with Crippen molar-refractivity contribution in [2.45, 2.75) is 37.3 Å². The van der Waals surface area contributed by atoms with Gasteiger partial charge in [-0.05, 0) is 37.8 Å². The lowest BCUT2D eigenvalue weighted by molar-refractivity contribution is -0.139. The standard InChI is InChI=1S/C19H23N3O4/c23-17-12-16(21-22(17)15-4-2-1-3-5-15)18(24)20-14-6-9-26-19(13-14)7-10-25-11-8-19/h1-5,12,14,21H,6-11,13H2,(H,20,24). The molecule has 4 rings (SSSR count). The van der Waals surface area contributed by atoms with E-state index < -0.39 is 0 Å². The minimum Gasteiger partial charge on any atom is -0.381 e. The Labute approximate surface area is 151 Å². The Morgan fingerprint density at radius 2 is 1.96 bits per heavy atom. The van der Waals surface area contributed by atoms with Gasteiger partial charge in [-0.1, -0.05) is 18.2 Å². The van der Waals surface area contributed by atoms with E-state index in [1.807, 2.05) is 30.3 Å². The molecule has 2 fully saturated rings. The van der Waals surface area contributed by atoms with Crippen LogP contribution in [0.3, 0.4) is 0 Å². The summed E-state index contributed by atoms with van der Waals surface area (Å²) in [5, 5.41) is 5.95. The van der Waals surface area contributed by atoms with Crippen molar-refractivity contribution in [3.8, 4) is 5.69 Å². The highest BCUT2D eigenvalue weighted by atomic mass is 16.5. The number of hydrogen-bond acceptors (Lipinski definition) is 4. The topological polar surface area (TPSA) is 85.3 Å². The number of benzene rings is 1. The fourth-order valence-electron chi connectivity index (χ4n) is 3.79. The number of para-hydroxylation sites is 1. The van der Waals surface area contributed by atoms with Crippen LogP contribution in [-0.4, -0.2) is 47.2 Å². The summed E-state index contributed by atoms with van der Waals surface area (Å²) in [4.78, 5) is 24.8. The predicted octanol–water partition coefficient (Wildman–Crippen LogP) is 1.62. The molecule has 3 heterocycles. The van der Waals surface area contributed by atoms with Crippen molar-refractivity contribution in [1.82, 2.24) is 15.1 Å². The third kappa shape index (κ3) is 3.45. The van der Waals surface area contributed by atoms with Gasteiger partial charge >= 0.3 is 0 Å². The summed E-state index contributed by atoms with van der Waals surface area (Å²) in [6.45, 7) is 2.04. The van der Waals surface area contributed by atoms with Crippen LogP contribution in [0.4, 0.5) is 0 Å². The first kappa shape index (κ1) is 17.1. The molecule has 7 heteroatoms. The Bertz CT molecular complexity index is 815. The van der Waals surface area contributed by atoms with Crippen molar-refractivity contribution >= 4 is 5.91 Å². The van der Waals surface area contributed by atoms with Gasteiger partial charge in [-0.25, -0.2) is 4.68 Å². The molecule has 1 atom stereocenters. The summed E-state index contributed by atoms with van der Waals surface area (Å²) in [7, 11) is 0. The Morgan fingerprint density at radius 1 is 1.19 bits per heavy atom. The van der Waals surface area contributed by atoms with Crippen molar-refractivity contribution in [3.05, 3.63) is 52.4 Å². The third-order valence-corrected chi connectivity index (χ3v) is 5.21. The van der Waals surface area contributed by atoms with E-state index >= 15 is 0 Å². The Balaban J connectivity index is 1.46. The van der Waals surface area contributed by atoms with Gasteiger partial charge in [0.1, 0.15) is 5.69 Å². The minimum absolute atomic E-state index is 0.0397. The molecule has 2 N–H and O–H groups in total. The number of hydrogen-bond donors (Lipinski definition) is 2. The summed E-state index contributed by atoms with van der Waals surface area (Å²) >= 11 is 0. The number of nitrogens with one attached hydrogen (secondary N) is 2. The zero-order valence-electron chi connectivity index (χ0n) is 14.6. The van der Waals surface area contributed by atoms with Crippen molar-refractivity contribution in [3.63, 3.8) is 0 Å². The average molecular weight is 357 g/mol. The van der Waals surface area contributed by atoms with Crippen LogP contribution in [0.15, 0.2) is 41.2 Å². The van der Waals surface area contributed by atoms with Crippen LogP contribution < -0.4 is 10.9 Å². The van der Waals surface area contributed by atoms with E-state index in [1.165, 1.54) is 10.7 Å². The summed E-state index contributed by atoms with van der Waals surface area (Å²) < 4.78 is 12.8. The second-order valence-corrected chi connectivity index (χ2v) is 6.99. The lowest BCUT2D eigenvalue weighted by Crippen LogP contribution is -2.51. The summed E-state index contributed by atoms with van der Waals surface area (Å²) in [5.74, 6) is -0.258. The number of carbonyl (C=O) groups is 1. The second kappa shape index (κ2) is 7.09. The monoisotopic (exact) mass is 357 g/mol. The fourth-order valence-corrected chi connectivity index (χ4v) is 3.79. The first-order chi connectivity index (χ1) is 12.7. The van der Waals surface area contributed by atoms with Crippen LogP contribution >= 0.6 is 0 Å². The van der Waals surface area contributed by atoms with Crippen molar-refractivity contribution in [1.29, 1.82) is 0 Å². The van der Waals surface area contributed by atoms with Crippen molar-refractivity contribution in [2.24, 2.45) is 0 Å². The normalized spacial score (nSPS) is 22.2. The maximum absolute atomic E-state index is 12.6. The van der Waals surface area contributed by atoms with Gasteiger partial charge in [0.25, 0.3) is 11.5 Å². The minimum atomic E-state index is -0.258. The molecule has 0 radical (unpaired) electrons. The largest absolute Gasteiger partial charge is 0.381 e. The van der Waals surface area contributed by atoms with E-state index in [1.54, 1.807) is 0 Å². The number of ether oxygens (including phenoxy) is 2. The molecule has 0 aliphatic carbocycles. The van der Waals surface area contributed by atoms with Gasteiger partial charge in [0.2, 0.25) is 0 Å². The van der Waals surface area contributed by atoms with Crippen molar-refractivity contribution in [2.75, 3.05) is 19.8 Å². The van der Waals surface area contributed by atoms with E-state index in [-0.39, 0.29) is 28.8 Å². The van der Waals surface area contributed by atoms with Crippen LogP contribution in [0.2, 0.25) is 0 Å². The van der Waals surface area contributed by atoms with Crippen LogP contribution in [-0.2, 0) is 9.47 Å². The zero-order chi connectivity index (χ0) is 18.0. The summed E-state index contributed by atoms with van der Waals surface area (Å²) in [6, 6.07) is 10.6. The van der Waals surface area contributed by atoms with Crippen LogP contribution in [0.5, 0.6) is 0 Å². The SMILES string of the molecule is O=C(NC1CCOC2(CCOCC2)C1)c1cc(=O)n(-c2ccccc2)[nH]1. The molecule has 2 aliphatic heterocycles. The van der Waals surface area contributed by atoms with E-state index in [2.05, 4.69) is 10.4 Å². The number of H-pyrrole nitrogens is 1. The number of nitrogens with zero attached hydrogens (tertiary/aromatic N) is 1. The highest BCUT2D eigenvalue weighted by molar-refractivity contribution is 5.92. The molecular weight excluding hydrogens is 334 g/mol. The van der Waals surface area contributed by atoms with Crippen LogP contribution in [0.25, 0.3) is 5.69 Å². The fraction of sp³-hybridized carbons (Fsp3) is 0.474. The van der Waals surface area contributed by atoms with Gasteiger partial charge < -0.3 is 14.8 Å². The van der Waals surface area contributed by atoms with Crippen molar-refractivity contribution < 1.29 is 14.3 Å². The van der Waals surface area contributed by atoms with Gasteiger partial charge in [-0.3, -0.25) is 14.7 Å². The molecule has 1 aromatic carbocycles. The number of amides is 1. The smallest absolute Gasteiger partial charge is 0.271 e. The molecule has 1 amide bonds. The van der Waals surface area contributed by atoms with Gasteiger partial charge in [-0.15, -0.1) is 0 Å². The summed E-state index contributed by atoms with van der Waals surface area (Å²) in [6.07, 6.45) is 3.28. The first-order valence-electron chi connectivity index (χ1n) is 9.05. The average Bonchev–Trinajstić information content (AvgIpc) is 3.05. The lowest BCUT2D eigenvalue weighted by Gasteiger charge is -2.43. The molecular formula is C19H23N3O4. The number of carbonyl (C=O) groups excluding carboxylic acids is 1. The molecule has 138 valence electrons. The van der Waals surface area contributed by atoms with E-state index in [0.29, 0.717) is 25.5 Å². The summed E-state index contributed by atoms with van der Waals surface area (Å²) in [5.41, 5.74) is 0.530. The second-order valence-electron chi connectivity index (χ2n) is 6.99. The predicted molar refractivity (Wildman–Crippen MR) is 95.6 cm³/mol. The molecule has 1 aromatic heterocycles. The number of rotatable bonds is 3. The molecule has 7 nitrogen and oxygen atoms in total. The van der Waals surface area contributed by atoms with E-state index in [9.17, 15) is 9.59 Å². The van der Waals surface area contributed by atoms with Gasteiger partial charge in [-0.2, -0.15) is 0 Å². The molecule has 2 aromatic rings. The molecule has 0 bridgehead atoms. The van der Waals surface area contributed by atoms with Crippen LogP contribution in [0.1, 0.15) is 36.2 Å². The van der Waals surface area contributed by atoms with E-state index in [0.717, 1.165) is 25.7 Å². The zero-order valence-corrected chi connectivity index (χ0v) is 14.6. The maximum Gasteiger partial charge on any atom is 0.271 e. The highest BCUT2D eigenvalue weighted by Crippen LogP contribution is 2.34. The molecule has 26 heavy (non-hydrogen) atoms. The number of aromatic nitrogens is 2. The lowest BCUT2D eigenvalue weighted by atomic mass is 9.84. The third-order valence-electron chi connectivity index (χ3n) is 5.21. The first-order valence-corrected chi connectivity index (χ1v) is 9.05. The number of aromatic amines is 1. The van der Waals surface area contributed by atoms with Crippen LogP contribution in [0, 0.1) is 0 Å². The molecule has 0 saturated carbocycles. The van der Waals surface area contributed by atoms with Gasteiger partial charge in [0.05, 0.1) is 11.3 Å². The quantitative estimate of drug-likeness (QED) is 0.874. The van der Waals surface area contributed by atoms with E-state index in [4.69, 9.17) is 9.47 Å². The highest BCUT2D eigenvalue weighted by Gasteiger charge is 2.39. The molecule has 2 aliphatic rings. The molecule has 1 unspecified atom stereocenters. The Hall–Kier alpha value is -2.38. The Morgan fingerprint density at radius 3 is 2.73 bits per heavy atom. The van der Waals surface area contributed by atoms with Gasteiger partial charge in [0.15, 0.2) is 0 Å². The maximum atomic E-state index is 12.6. The van der Waals surface area contributed by atoms with Gasteiger partial charge in [0, 0.05) is 31.9 Å².